The molecule has 0 atom stereocenters. The maximum absolute atomic E-state index is 16.4. The second kappa shape index (κ2) is 9.87. The fraction of sp³-hybridized carbons (Fsp3) is 0.269. The Morgan fingerprint density at radius 1 is 1.11 bits per heavy atom. The number of hydrogen-bond acceptors (Lipinski definition) is 8. The van der Waals surface area contributed by atoms with Crippen LogP contribution in [-0.2, 0) is 6.42 Å². The summed E-state index contributed by atoms with van der Waals surface area (Å²) in [6.45, 7) is 5.20. The second-order valence-electron chi connectivity index (χ2n) is 8.87. The first-order valence-electron chi connectivity index (χ1n) is 12.1. The number of hydrogen-bond donors (Lipinski definition) is 2. The predicted molar refractivity (Wildman–Crippen MR) is 141 cm³/mol. The molecule has 11 heteroatoms. The molecular formula is C26H24ClFN8O. The third kappa shape index (κ3) is 4.42. The van der Waals surface area contributed by atoms with Crippen molar-refractivity contribution in [2.75, 3.05) is 37.7 Å². The zero-order valence-electron chi connectivity index (χ0n) is 20.1. The summed E-state index contributed by atoms with van der Waals surface area (Å²) in [5.74, 6) is 0.720. The smallest absolute Gasteiger partial charge is 0.319 e. The highest BCUT2D eigenvalue weighted by atomic mass is 35.5. The van der Waals surface area contributed by atoms with Crippen LogP contribution >= 0.6 is 11.6 Å². The van der Waals surface area contributed by atoms with Crippen LogP contribution in [0.4, 0.5) is 10.2 Å². The van der Waals surface area contributed by atoms with Crippen molar-refractivity contribution in [3.05, 3.63) is 65.1 Å². The number of nitrogens with zero attached hydrogens (tertiary/aromatic N) is 6. The number of piperazine rings is 1. The molecule has 1 saturated heterocycles. The van der Waals surface area contributed by atoms with E-state index < -0.39 is 5.82 Å². The van der Waals surface area contributed by atoms with E-state index >= 15 is 4.39 Å². The molecule has 1 aliphatic heterocycles. The first kappa shape index (κ1) is 23.5. The minimum atomic E-state index is -0.525. The molecule has 3 aromatic heterocycles. The molecule has 4 heterocycles. The number of nitrogens with one attached hydrogen (secondary N) is 2. The number of fused-ring (bicyclic) bond motifs is 2. The summed E-state index contributed by atoms with van der Waals surface area (Å²) in [6, 6.07) is 7.48. The maximum atomic E-state index is 16.4. The second-order valence-corrected chi connectivity index (χ2v) is 9.27. The van der Waals surface area contributed by atoms with Gasteiger partial charge in [0, 0.05) is 66.9 Å². The van der Waals surface area contributed by atoms with E-state index in [1.165, 1.54) is 0 Å². The van der Waals surface area contributed by atoms with Gasteiger partial charge in [-0.2, -0.15) is 15.1 Å². The molecule has 0 unspecified atom stereocenters. The quantitative estimate of drug-likeness (QED) is 0.346. The van der Waals surface area contributed by atoms with Crippen LogP contribution in [0.25, 0.3) is 32.9 Å². The van der Waals surface area contributed by atoms with E-state index in [0.717, 1.165) is 42.6 Å². The molecule has 37 heavy (non-hydrogen) atoms. The van der Waals surface area contributed by atoms with Crippen molar-refractivity contribution in [3.8, 4) is 17.1 Å². The summed E-state index contributed by atoms with van der Waals surface area (Å²) in [5, 5.41) is 12.2. The lowest BCUT2D eigenvalue weighted by atomic mass is 9.96. The Kier molecular flexibility index (Phi) is 6.27. The Morgan fingerprint density at radius 2 is 1.92 bits per heavy atom. The standard InChI is InChI=1S/C26H24ClFN8O/c1-15-3-4-16-14-32-35-23(16)20(15)21-18(27)13-17-24(22(21)28)33-26(34-25(17)36-10-8-29-9-11-36)37-12-5-19-30-6-2-7-31-19/h2-4,6-7,13-14,29H,5,8-12H2,1H3,(H,32,35). The highest BCUT2D eigenvalue weighted by Crippen LogP contribution is 2.42. The Balaban J connectivity index is 1.48. The minimum absolute atomic E-state index is 0.0978. The molecule has 5 aromatic rings. The fourth-order valence-corrected chi connectivity index (χ4v) is 4.99. The summed E-state index contributed by atoms with van der Waals surface area (Å²) in [7, 11) is 0. The van der Waals surface area contributed by atoms with E-state index in [9.17, 15) is 0 Å². The molecular weight excluding hydrogens is 495 g/mol. The van der Waals surface area contributed by atoms with Gasteiger partial charge in [-0.15, -0.1) is 0 Å². The minimum Gasteiger partial charge on any atom is -0.463 e. The van der Waals surface area contributed by atoms with Gasteiger partial charge in [0.15, 0.2) is 5.82 Å². The third-order valence-electron chi connectivity index (χ3n) is 6.51. The van der Waals surface area contributed by atoms with Crippen LogP contribution in [0.1, 0.15) is 11.4 Å². The highest BCUT2D eigenvalue weighted by molar-refractivity contribution is 6.35. The summed E-state index contributed by atoms with van der Waals surface area (Å²) in [4.78, 5) is 19.7. The number of aryl methyl sites for hydroxylation is 1. The van der Waals surface area contributed by atoms with Crippen LogP contribution in [0.5, 0.6) is 6.01 Å². The molecule has 0 radical (unpaired) electrons. The molecule has 1 fully saturated rings. The molecule has 0 saturated carbocycles. The van der Waals surface area contributed by atoms with Crippen molar-refractivity contribution in [2.24, 2.45) is 0 Å². The van der Waals surface area contributed by atoms with Crippen LogP contribution < -0.4 is 15.0 Å². The number of anilines is 1. The Hall–Kier alpha value is -3.89. The van der Waals surface area contributed by atoms with Gasteiger partial charge >= 0.3 is 6.01 Å². The normalized spacial score (nSPS) is 14.0. The number of aromatic nitrogens is 6. The number of ether oxygens (including phenoxy) is 1. The average Bonchev–Trinajstić information content (AvgIpc) is 3.40. The molecule has 0 amide bonds. The van der Waals surface area contributed by atoms with Gasteiger partial charge in [-0.05, 0) is 24.6 Å². The van der Waals surface area contributed by atoms with Gasteiger partial charge in [-0.1, -0.05) is 23.7 Å². The number of H-pyrrole nitrogens is 1. The highest BCUT2D eigenvalue weighted by Gasteiger charge is 2.25. The summed E-state index contributed by atoms with van der Waals surface area (Å²) in [6.07, 6.45) is 5.54. The zero-order valence-corrected chi connectivity index (χ0v) is 20.9. The van der Waals surface area contributed by atoms with Crippen molar-refractivity contribution < 1.29 is 9.13 Å². The average molecular weight is 519 g/mol. The van der Waals surface area contributed by atoms with Crippen molar-refractivity contribution in [3.63, 3.8) is 0 Å². The molecule has 9 nitrogen and oxygen atoms in total. The molecule has 1 aliphatic rings. The van der Waals surface area contributed by atoms with E-state index in [4.69, 9.17) is 16.3 Å². The van der Waals surface area contributed by atoms with Gasteiger partial charge in [0.05, 0.1) is 23.3 Å². The molecule has 2 N–H and O–H groups in total. The van der Waals surface area contributed by atoms with E-state index in [-0.39, 0.29) is 28.7 Å². The molecule has 2 aromatic carbocycles. The van der Waals surface area contributed by atoms with Crippen molar-refractivity contribution >= 4 is 39.2 Å². The monoisotopic (exact) mass is 518 g/mol. The molecule has 188 valence electrons. The number of halogens is 2. The zero-order chi connectivity index (χ0) is 25.4. The van der Waals surface area contributed by atoms with Gasteiger partial charge in [-0.25, -0.2) is 14.4 Å². The number of rotatable bonds is 6. The van der Waals surface area contributed by atoms with Gasteiger partial charge in [0.2, 0.25) is 0 Å². The van der Waals surface area contributed by atoms with Crippen molar-refractivity contribution in [1.82, 2.24) is 35.5 Å². The van der Waals surface area contributed by atoms with Gasteiger partial charge < -0.3 is 15.0 Å². The topological polar surface area (TPSA) is 105 Å². The van der Waals surface area contributed by atoms with Gasteiger partial charge in [0.1, 0.15) is 17.2 Å². The number of benzene rings is 2. The predicted octanol–water partition coefficient (Wildman–Crippen LogP) is 4.10. The van der Waals surface area contributed by atoms with E-state index in [1.807, 2.05) is 19.1 Å². The van der Waals surface area contributed by atoms with Crippen LogP contribution in [0.15, 0.2) is 42.9 Å². The SMILES string of the molecule is Cc1ccc2cn[nH]c2c1-c1c(Cl)cc2c(N3CCNCC3)nc(OCCc3ncccn3)nc2c1F. The first-order valence-corrected chi connectivity index (χ1v) is 12.4. The Morgan fingerprint density at radius 3 is 2.73 bits per heavy atom. The van der Waals surface area contributed by atoms with E-state index in [0.29, 0.717) is 29.0 Å². The van der Waals surface area contributed by atoms with Crippen molar-refractivity contribution in [2.45, 2.75) is 13.3 Å². The summed E-state index contributed by atoms with van der Waals surface area (Å²) >= 11 is 6.78. The van der Waals surface area contributed by atoms with E-state index in [1.54, 1.807) is 30.7 Å². The van der Waals surface area contributed by atoms with Crippen molar-refractivity contribution in [1.29, 1.82) is 0 Å². The Labute approximate surface area is 217 Å². The van der Waals surface area contributed by atoms with E-state index in [2.05, 4.69) is 40.3 Å². The lowest BCUT2D eigenvalue weighted by Crippen LogP contribution is -2.44. The lowest BCUT2D eigenvalue weighted by molar-refractivity contribution is 0.294. The lowest BCUT2D eigenvalue weighted by Gasteiger charge is -2.29. The van der Waals surface area contributed by atoms with Crippen LogP contribution in [0, 0.1) is 12.7 Å². The molecule has 0 aliphatic carbocycles. The Bertz CT molecular complexity index is 1590. The summed E-state index contributed by atoms with van der Waals surface area (Å²) in [5.41, 5.74) is 2.67. The molecule has 0 spiro atoms. The van der Waals surface area contributed by atoms with Crippen LogP contribution in [0.3, 0.4) is 0 Å². The van der Waals surface area contributed by atoms with Crippen LogP contribution in [0.2, 0.25) is 5.02 Å². The van der Waals surface area contributed by atoms with Gasteiger partial charge in [0.25, 0.3) is 0 Å². The fourth-order valence-electron chi connectivity index (χ4n) is 4.70. The van der Waals surface area contributed by atoms with Gasteiger partial charge in [-0.3, -0.25) is 5.10 Å². The molecule has 6 rings (SSSR count). The maximum Gasteiger partial charge on any atom is 0.319 e. The first-order chi connectivity index (χ1) is 18.1. The third-order valence-corrected chi connectivity index (χ3v) is 6.81. The van der Waals surface area contributed by atoms with Crippen LogP contribution in [-0.4, -0.2) is 62.9 Å². The summed E-state index contributed by atoms with van der Waals surface area (Å²) < 4.78 is 22.3. The number of aromatic amines is 1. The molecule has 0 bridgehead atoms. The largest absolute Gasteiger partial charge is 0.463 e.